The molecule has 0 saturated heterocycles. The topological polar surface area (TPSA) is 76.3 Å². The van der Waals surface area contributed by atoms with E-state index in [0.717, 1.165) is 0 Å². The van der Waals surface area contributed by atoms with Crippen LogP contribution in [0.15, 0.2) is 6.20 Å². The van der Waals surface area contributed by atoms with E-state index in [1.165, 1.54) is 20.0 Å². The van der Waals surface area contributed by atoms with Gasteiger partial charge in [-0.3, -0.25) is 15.1 Å². The molecule has 0 radical (unpaired) electrons. The molecule has 5 heteroatoms. The first-order chi connectivity index (χ1) is 5.54. The molecule has 0 aromatic carbocycles. The minimum atomic E-state index is -0.612. The fourth-order valence-electron chi connectivity index (χ4n) is 0.905. The van der Waals surface area contributed by atoms with Gasteiger partial charge in [0, 0.05) is 11.8 Å². The molecule has 0 aliphatic carbocycles. The summed E-state index contributed by atoms with van der Waals surface area (Å²) in [5, 5.41) is 19.7. The first kappa shape index (κ1) is 8.45. The van der Waals surface area contributed by atoms with Crippen LogP contribution in [0.25, 0.3) is 0 Å². The summed E-state index contributed by atoms with van der Waals surface area (Å²) in [7, 11) is 0. The molecule has 0 unspecified atom stereocenters. The summed E-state index contributed by atoms with van der Waals surface area (Å²) in [5.74, 6) is -0.347. The molecule has 1 aromatic heterocycles. The molecule has 0 amide bonds. The number of rotatable bonds is 1. The van der Waals surface area contributed by atoms with Crippen LogP contribution in [0.4, 0.5) is 5.69 Å². The van der Waals surface area contributed by atoms with Gasteiger partial charge in [-0.2, -0.15) is 0 Å². The number of pyridine rings is 1. The van der Waals surface area contributed by atoms with E-state index in [0.29, 0.717) is 5.56 Å². The Balaban J connectivity index is 3.43. The zero-order chi connectivity index (χ0) is 9.30. The maximum Gasteiger partial charge on any atom is 0.317 e. The van der Waals surface area contributed by atoms with Gasteiger partial charge in [0.1, 0.15) is 0 Å². The molecule has 0 aliphatic heterocycles. The van der Waals surface area contributed by atoms with Crippen molar-refractivity contribution in [2.75, 3.05) is 0 Å². The van der Waals surface area contributed by atoms with Gasteiger partial charge in [-0.05, 0) is 13.8 Å². The van der Waals surface area contributed by atoms with Crippen molar-refractivity contribution in [1.29, 1.82) is 0 Å². The van der Waals surface area contributed by atoms with E-state index in [-0.39, 0.29) is 17.1 Å². The molecule has 64 valence electrons. The SMILES string of the molecule is Cc1cnc(C)c(O)c1[N+](=O)[O-]. The molecule has 1 rings (SSSR count). The van der Waals surface area contributed by atoms with Crippen molar-refractivity contribution in [3.63, 3.8) is 0 Å². The third-order valence-electron chi connectivity index (χ3n) is 1.57. The lowest BCUT2D eigenvalue weighted by molar-refractivity contribution is -0.386. The Morgan fingerprint density at radius 2 is 2.17 bits per heavy atom. The summed E-state index contributed by atoms with van der Waals surface area (Å²) in [4.78, 5) is 13.6. The van der Waals surface area contributed by atoms with Gasteiger partial charge in [0.15, 0.2) is 0 Å². The summed E-state index contributed by atoms with van der Waals surface area (Å²) < 4.78 is 0. The third kappa shape index (κ3) is 1.20. The number of nitrogens with zero attached hydrogens (tertiary/aromatic N) is 2. The van der Waals surface area contributed by atoms with Gasteiger partial charge in [-0.25, -0.2) is 0 Å². The molecule has 0 saturated carbocycles. The van der Waals surface area contributed by atoms with Crippen LogP contribution >= 0.6 is 0 Å². The average Bonchev–Trinajstić information content (AvgIpc) is 1.97. The predicted molar refractivity (Wildman–Crippen MR) is 42.0 cm³/mol. The molecule has 0 fully saturated rings. The van der Waals surface area contributed by atoms with Gasteiger partial charge in [0.05, 0.1) is 10.6 Å². The molecule has 12 heavy (non-hydrogen) atoms. The number of aryl methyl sites for hydroxylation is 2. The van der Waals surface area contributed by atoms with Crippen molar-refractivity contribution >= 4 is 5.69 Å². The zero-order valence-electron chi connectivity index (χ0n) is 6.74. The minimum Gasteiger partial charge on any atom is -0.501 e. The largest absolute Gasteiger partial charge is 0.501 e. The van der Waals surface area contributed by atoms with E-state index < -0.39 is 4.92 Å². The van der Waals surface area contributed by atoms with Crippen molar-refractivity contribution in [2.45, 2.75) is 13.8 Å². The van der Waals surface area contributed by atoms with Crippen LogP contribution in [-0.4, -0.2) is 15.0 Å². The van der Waals surface area contributed by atoms with E-state index in [9.17, 15) is 15.2 Å². The van der Waals surface area contributed by atoms with E-state index in [4.69, 9.17) is 0 Å². The molecule has 0 bridgehead atoms. The Morgan fingerprint density at radius 1 is 1.58 bits per heavy atom. The summed E-state index contributed by atoms with van der Waals surface area (Å²) in [6.45, 7) is 3.05. The summed E-state index contributed by atoms with van der Waals surface area (Å²) >= 11 is 0. The Hall–Kier alpha value is -1.65. The predicted octanol–water partition coefficient (Wildman–Crippen LogP) is 1.31. The summed E-state index contributed by atoms with van der Waals surface area (Å²) in [6.07, 6.45) is 1.37. The van der Waals surface area contributed by atoms with Crippen molar-refractivity contribution in [3.8, 4) is 5.75 Å². The van der Waals surface area contributed by atoms with E-state index in [1.807, 2.05) is 0 Å². The maximum atomic E-state index is 10.4. The number of aromatic hydroxyl groups is 1. The van der Waals surface area contributed by atoms with E-state index >= 15 is 0 Å². The smallest absolute Gasteiger partial charge is 0.317 e. The van der Waals surface area contributed by atoms with Crippen molar-refractivity contribution < 1.29 is 10.0 Å². The number of nitro groups is 1. The van der Waals surface area contributed by atoms with Crippen LogP contribution < -0.4 is 0 Å². The van der Waals surface area contributed by atoms with Crippen LogP contribution in [-0.2, 0) is 0 Å². The Bertz CT molecular complexity index is 336. The normalized spacial score (nSPS) is 9.83. The van der Waals surface area contributed by atoms with Gasteiger partial charge < -0.3 is 5.11 Å². The number of aromatic nitrogens is 1. The molecule has 1 heterocycles. The summed E-state index contributed by atoms with van der Waals surface area (Å²) in [6, 6.07) is 0. The van der Waals surface area contributed by atoms with Gasteiger partial charge >= 0.3 is 5.69 Å². The minimum absolute atomic E-state index is 0.262. The third-order valence-corrected chi connectivity index (χ3v) is 1.57. The van der Waals surface area contributed by atoms with E-state index in [2.05, 4.69) is 4.98 Å². The molecule has 1 aromatic rings. The average molecular weight is 168 g/mol. The van der Waals surface area contributed by atoms with Crippen molar-refractivity contribution in [3.05, 3.63) is 27.6 Å². The van der Waals surface area contributed by atoms with Crippen LogP contribution in [0.1, 0.15) is 11.3 Å². The van der Waals surface area contributed by atoms with Crippen LogP contribution in [0, 0.1) is 24.0 Å². The number of hydrogen-bond acceptors (Lipinski definition) is 4. The van der Waals surface area contributed by atoms with Crippen LogP contribution in [0.3, 0.4) is 0 Å². The second-order valence-electron chi connectivity index (χ2n) is 2.48. The summed E-state index contributed by atoms with van der Waals surface area (Å²) in [5.41, 5.74) is 0.373. The Labute approximate surface area is 68.8 Å². The fraction of sp³-hybridized carbons (Fsp3) is 0.286. The first-order valence-corrected chi connectivity index (χ1v) is 3.33. The second kappa shape index (κ2) is 2.77. The second-order valence-corrected chi connectivity index (χ2v) is 2.48. The number of hydrogen-bond donors (Lipinski definition) is 1. The van der Waals surface area contributed by atoms with Crippen molar-refractivity contribution in [1.82, 2.24) is 4.98 Å². The van der Waals surface area contributed by atoms with Gasteiger partial charge in [0.25, 0.3) is 0 Å². The molecule has 5 nitrogen and oxygen atoms in total. The lowest BCUT2D eigenvalue weighted by atomic mass is 10.2. The van der Waals surface area contributed by atoms with Crippen LogP contribution in [0.2, 0.25) is 0 Å². The first-order valence-electron chi connectivity index (χ1n) is 3.33. The maximum absolute atomic E-state index is 10.4. The highest BCUT2D eigenvalue weighted by Crippen LogP contribution is 2.30. The molecular weight excluding hydrogens is 160 g/mol. The van der Waals surface area contributed by atoms with Gasteiger partial charge in [0.2, 0.25) is 5.75 Å². The van der Waals surface area contributed by atoms with Gasteiger partial charge in [-0.1, -0.05) is 0 Å². The molecule has 0 aliphatic rings. The molecule has 0 atom stereocenters. The standard InChI is InChI=1S/C7H8N2O3/c1-4-3-8-5(2)7(10)6(4)9(11)12/h3,10H,1-2H3. The highest BCUT2D eigenvalue weighted by atomic mass is 16.6. The van der Waals surface area contributed by atoms with Crippen molar-refractivity contribution in [2.24, 2.45) is 0 Å². The van der Waals surface area contributed by atoms with E-state index in [1.54, 1.807) is 0 Å². The highest BCUT2D eigenvalue weighted by molar-refractivity contribution is 5.52. The lowest BCUT2D eigenvalue weighted by Gasteiger charge is -2.00. The zero-order valence-corrected chi connectivity index (χ0v) is 6.74. The highest BCUT2D eigenvalue weighted by Gasteiger charge is 2.19. The Kier molecular flexibility index (Phi) is 1.95. The quantitative estimate of drug-likeness (QED) is 0.506. The monoisotopic (exact) mass is 168 g/mol. The molecular formula is C7H8N2O3. The Morgan fingerprint density at radius 3 is 2.58 bits per heavy atom. The van der Waals surface area contributed by atoms with Gasteiger partial charge in [-0.15, -0.1) is 0 Å². The fourth-order valence-corrected chi connectivity index (χ4v) is 0.905. The molecule has 0 spiro atoms. The van der Waals surface area contributed by atoms with Crippen LogP contribution in [0.5, 0.6) is 5.75 Å². The lowest BCUT2D eigenvalue weighted by Crippen LogP contribution is -1.95. The molecule has 1 N–H and O–H groups in total.